The normalized spacial score (nSPS) is 14.3. The van der Waals surface area contributed by atoms with Crippen LogP contribution in [0, 0.1) is 0 Å². The highest BCUT2D eigenvalue weighted by Crippen LogP contribution is 2.26. The van der Waals surface area contributed by atoms with E-state index in [2.05, 4.69) is 25.1 Å². The van der Waals surface area contributed by atoms with Gasteiger partial charge in [0.1, 0.15) is 6.33 Å². The van der Waals surface area contributed by atoms with Gasteiger partial charge in [0.25, 0.3) is 0 Å². The van der Waals surface area contributed by atoms with Crippen molar-refractivity contribution < 1.29 is 9.15 Å². The van der Waals surface area contributed by atoms with E-state index < -0.39 is 0 Å². The van der Waals surface area contributed by atoms with E-state index in [0.29, 0.717) is 37.4 Å². The highest BCUT2D eigenvalue weighted by molar-refractivity contribution is 5.51. The Morgan fingerprint density at radius 1 is 1.16 bits per heavy atom. The molecule has 0 radical (unpaired) electrons. The van der Waals surface area contributed by atoms with Gasteiger partial charge in [-0.2, -0.15) is 0 Å². The summed E-state index contributed by atoms with van der Waals surface area (Å²) in [7, 11) is 0. The van der Waals surface area contributed by atoms with Crippen molar-refractivity contribution in [2.45, 2.75) is 26.4 Å². The minimum absolute atomic E-state index is 0.548. The van der Waals surface area contributed by atoms with Gasteiger partial charge in [-0.3, -0.25) is 4.90 Å². The first kappa shape index (κ1) is 15.7. The van der Waals surface area contributed by atoms with Gasteiger partial charge in [0, 0.05) is 30.6 Å². The molecule has 0 bridgehead atoms. The predicted molar refractivity (Wildman–Crippen MR) is 90.8 cm³/mol. The van der Waals surface area contributed by atoms with Crippen molar-refractivity contribution in [3.05, 3.63) is 53.8 Å². The molecule has 3 heterocycles. The van der Waals surface area contributed by atoms with Gasteiger partial charge in [-0.15, -0.1) is 10.2 Å². The van der Waals surface area contributed by atoms with E-state index in [9.17, 15) is 0 Å². The number of ether oxygens (including phenoxy) is 1. The van der Waals surface area contributed by atoms with Crippen LogP contribution < -0.4 is 4.74 Å². The molecular formula is C18H19N5O2. The van der Waals surface area contributed by atoms with Crippen molar-refractivity contribution in [3.8, 4) is 17.3 Å². The number of hydrogen-bond donors (Lipinski definition) is 0. The molecule has 128 valence electrons. The van der Waals surface area contributed by atoms with Crippen LogP contribution >= 0.6 is 0 Å². The Morgan fingerprint density at radius 3 is 2.88 bits per heavy atom. The first-order valence-electron chi connectivity index (χ1n) is 8.39. The summed E-state index contributed by atoms with van der Waals surface area (Å²) < 4.78 is 11.4. The van der Waals surface area contributed by atoms with Gasteiger partial charge in [-0.1, -0.05) is 18.2 Å². The van der Waals surface area contributed by atoms with Gasteiger partial charge in [-0.25, -0.2) is 9.97 Å². The second-order valence-electron chi connectivity index (χ2n) is 5.86. The summed E-state index contributed by atoms with van der Waals surface area (Å²) in [5, 5.41) is 8.33. The van der Waals surface area contributed by atoms with Crippen LogP contribution in [0.25, 0.3) is 11.5 Å². The van der Waals surface area contributed by atoms with Crippen molar-refractivity contribution in [1.29, 1.82) is 0 Å². The summed E-state index contributed by atoms with van der Waals surface area (Å²) in [6.45, 7) is 4.75. The molecule has 25 heavy (non-hydrogen) atoms. The van der Waals surface area contributed by atoms with Crippen LogP contribution in [0.5, 0.6) is 5.88 Å². The first-order chi connectivity index (χ1) is 12.3. The lowest BCUT2D eigenvalue weighted by atomic mass is 10.1. The molecule has 0 unspecified atom stereocenters. The Kier molecular flexibility index (Phi) is 4.39. The second-order valence-corrected chi connectivity index (χ2v) is 5.86. The number of hydrogen-bond acceptors (Lipinski definition) is 7. The molecule has 0 amide bonds. The van der Waals surface area contributed by atoms with Crippen molar-refractivity contribution in [2.75, 3.05) is 13.2 Å². The average Bonchev–Trinajstić information content (AvgIpc) is 3.12. The van der Waals surface area contributed by atoms with E-state index >= 15 is 0 Å². The summed E-state index contributed by atoms with van der Waals surface area (Å²) in [5.41, 5.74) is 3.04. The molecule has 7 heteroatoms. The highest BCUT2D eigenvalue weighted by atomic mass is 16.5. The summed E-state index contributed by atoms with van der Waals surface area (Å²) >= 11 is 0. The monoisotopic (exact) mass is 337 g/mol. The van der Waals surface area contributed by atoms with Gasteiger partial charge in [-0.05, 0) is 19.1 Å². The summed E-state index contributed by atoms with van der Waals surface area (Å²) in [5.74, 6) is 1.83. The minimum Gasteiger partial charge on any atom is -0.478 e. The van der Waals surface area contributed by atoms with Gasteiger partial charge < -0.3 is 9.15 Å². The SMILES string of the molecule is CCOc1ncnc2c1CN(Cc1nnc(-c3ccccc3)o1)CC2. The highest BCUT2D eigenvalue weighted by Gasteiger charge is 2.23. The lowest BCUT2D eigenvalue weighted by molar-refractivity contribution is 0.212. The molecule has 3 aromatic rings. The molecule has 7 nitrogen and oxygen atoms in total. The third-order valence-corrected chi connectivity index (χ3v) is 4.17. The van der Waals surface area contributed by atoms with Crippen LogP contribution in [0.2, 0.25) is 0 Å². The Labute approximate surface area is 145 Å². The molecule has 0 aliphatic carbocycles. The zero-order chi connectivity index (χ0) is 17.1. The van der Waals surface area contributed by atoms with Gasteiger partial charge in [0.05, 0.1) is 18.8 Å². The molecule has 0 saturated carbocycles. The second kappa shape index (κ2) is 6.98. The number of aromatic nitrogens is 4. The van der Waals surface area contributed by atoms with E-state index in [-0.39, 0.29) is 0 Å². The minimum atomic E-state index is 0.548. The summed E-state index contributed by atoms with van der Waals surface area (Å²) in [6.07, 6.45) is 2.43. The van der Waals surface area contributed by atoms with E-state index in [1.807, 2.05) is 37.3 Å². The van der Waals surface area contributed by atoms with Crippen molar-refractivity contribution in [2.24, 2.45) is 0 Å². The lowest BCUT2D eigenvalue weighted by Crippen LogP contribution is -2.31. The van der Waals surface area contributed by atoms with Crippen LogP contribution in [-0.2, 0) is 19.5 Å². The standard InChI is InChI=1S/C18H19N5O2/c1-2-24-18-14-10-23(9-8-15(14)19-12-20-18)11-16-21-22-17(25-16)13-6-4-3-5-7-13/h3-7,12H,2,8-11H2,1H3. The maximum atomic E-state index is 5.81. The third-order valence-electron chi connectivity index (χ3n) is 4.17. The van der Waals surface area contributed by atoms with Crippen LogP contribution in [-0.4, -0.2) is 38.2 Å². The van der Waals surface area contributed by atoms with Crippen LogP contribution in [0.4, 0.5) is 0 Å². The number of benzene rings is 1. The van der Waals surface area contributed by atoms with E-state index in [4.69, 9.17) is 9.15 Å². The summed E-state index contributed by atoms with van der Waals surface area (Å²) in [6, 6.07) is 9.79. The number of nitrogens with zero attached hydrogens (tertiary/aromatic N) is 5. The topological polar surface area (TPSA) is 77.2 Å². The van der Waals surface area contributed by atoms with Gasteiger partial charge in [0.15, 0.2) is 0 Å². The Morgan fingerprint density at radius 2 is 2.04 bits per heavy atom. The van der Waals surface area contributed by atoms with E-state index in [0.717, 1.165) is 29.8 Å². The molecule has 4 rings (SSSR count). The van der Waals surface area contributed by atoms with E-state index in [1.54, 1.807) is 6.33 Å². The number of fused-ring (bicyclic) bond motifs is 1. The average molecular weight is 337 g/mol. The molecule has 0 fully saturated rings. The molecule has 0 spiro atoms. The molecule has 1 aliphatic rings. The molecule has 0 N–H and O–H groups in total. The third kappa shape index (κ3) is 3.36. The molecule has 2 aromatic heterocycles. The van der Waals surface area contributed by atoms with Crippen LogP contribution in [0.1, 0.15) is 24.1 Å². The smallest absolute Gasteiger partial charge is 0.247 e. The fraction of sp³-hybridized carbons (Fsp3) is 0.333. The molecule has 0 saturated heterocycles. The van der Waals surface area contributed by atoms with Gasteiger partial charge in [0.2, 0.25) is 17.7 Å². The van der Waals surface area contributed by atoms with Crippen LogP contribution in [0.15, 0.2) is 41.1 Å². The van der Waals surface area contributed by atoms with Crippen LogP contribution in [0.3, 0.4) is 0 Å². The number of rotatable bonds is 5. The Balaban J connectivity index is 1.49. The zero-order valence-electron chi connectivity index (χ0n) is 14.1. The lowest BCUT2D eigenvalue weighted by Gasteiger charge is -2.27. The van der Waals surface area contributed by atoms with Crippen molar-refractivity contribution >= 4 is 0 Å². The Bertz CT molecular complexity index is 850. The molecule has 0 atom stereocenters. The summed E-state index contributed by atoms with van der Waals surface area (Å²) in [4.78, 5) is 10.9. The fourth-order valence-corrected chi connectivity index (χ4v) is 2.97. The molecular weight excluding hydrogens is 318 g/mol. The van der Waals surface area contributed by atoms with E-state index in [1.165, 1.54) is 0 Å². The predicted octanol–water partition coefficient (Wildman–Crippen LogP) is 2.48. The first-order valence-corrected chi connectivity index (χ1v) is 8.39. The van der Waals surface area contributed by atoms with Crippen molar-refractivity contribution in [3.63, 3.8) is 0 Å². The molecule has 1 aliphatic heterocycles. The Hall–Kier alpha value is -2.80. The van der Waals surface area contributed by atoms with Gasteiger partial charge >= 0.3 is 0 Å². The quantitative estimate of drug-likeness (QED) is 0.708. The zero-order valence-corrected chi connectivity index (χ0v) is 14.1. The maximum absolute atomic E-state index is 5.81. The molecule has 1 aromatic carbocycles. The fourth-order valence-electron chi connectivity index (χ4n) is 2.97. The largest absolute Gasteiger partial charge is 0.478 e. The van der Waals surface area contributed by atoms with Crippen molar-refractivity contribution in [1.82, 2.24) is 25.1 Å². The maximum Gasteiger partial charge on any atom is 0.247 e.